The molecule has 0 aromatic heterocycles. The molecule has 1 aromatic rings. The van der Waals surface area contributed by atoms with E-state index >= 15 is 0 Å². The summed E-state index contributed by atoms with van der Waals surface area (Å²) < 4.78 is 11.2. The molecule has 6 heteroatoms. The van der Waals surface area contributed by atoms with Crippen molar-refractivity contribution in [3.05, 3.63) is 24.3 Å². The number of benzene rings is 1. The van der Waals surface area contributed by atoms with Gasteiger partial charge < -0.3 is 15.7 Å². The summed E-state index contributed by atoms with van der Waals surface area (Å²) in [4.78, 5) is 11.9. The van der Waals surface area contributed by atoms with Crippen molar-refractivity contribution in [1.82, 2.24) is 5.32 Å². The number of nitrogens with one attached hydrogen (secondary N) is 2. The van der Waals surface area contributed by atoms with E-state index in [2.05, 4.69) is 10.6 Å². The van der Waals surface area contributed by atoms with E-state index in [1.165, 1.54) is 0 Å². The van der Waals surface area contributed by atoms with Crippen LogP contribution in [0.4, 0.5) is 10.5 Å². The number of anilines is 1. The van der Waals surface area contributed by atoms with E-state index in [1.807, 2.05) is 0 Å². The van der Waals surface area contributed by atoms with Gasteiger partial charge in [0.15, 0.2) is 0 Å². The van der Waals surface area contributed by atoms with Gasteiger partial charge in [-0.25, -0.2) is 4.79 Å². The van der Waals surface area contributed by atoms with Crippen LogP contribution in [0.1, 0.15) is 0 Å². The van der Waals surface area contributed by atoms with Crippen molar-refractivity contribution in [2.24, 2.45) is 0 Å². The van der Waals surface area contributed by atoms with Gasteiger partial charge in [0.2, 0.25) is 0 Å². The molecule has 0 saturated heterocycles. The topological polar surface area (TPSA) is 78.4 Å². The quantitative estimate of drug-likeness (QED) is 0.721. The van der Waals surface area contributed by atoms with E-state index in [1.54, 1.807) is 30.5 Å². The molecule has 0 spiro atoms. The molecule has 1 rings (SSSR count). The summed E-state index contributed by atoms with van der Waals surface area (Å²) in [6.07, 6.45) is 1.57. The molecule has 88 valence electrons. The highest BCUT2D eigenvalue weighted by molar-refractivity contribution is 7.84. The van der Waals surface area contributed by atoms with Crippen LogP contribution >= 0.6 is 0 Å². The molecule has 2 amide bonds. The molecule has 1 unspecified atom stereocenters. The normalized spacial score (nSPS) is 11.9. The maximum Gasteiger partial charge on any atom is 0.319 e. The second-order valence-electron chi connectivity index (χ2n) is 3.09. The van der Waals surface area contributed by atoms with Gasteiger partial charge in [-0.1, -0.05) is 6.07 Å². The van der Waals surface area contributed by atoms with Crippen molar-refractivity contribution >= 4 is 22.5 Å². The van der Waals surface area contributed by atoms with E-state index in [4.69, 9.17) is 5.11 Å². The minimum Gasteiger partial charge on any atom is -0.395 e. The summed E-state index contributed by atoms with van der Waals surface area (Å²) >= 11 is 0. The van der Waals surface area contributed by atoms with E-state index in [-0.39, 0.29) is 13.2 Å². The van der Waals surface area contributed by atoms with Crippen LogP contribution < -0.4 is 10.6 Å². The standard InChI is InChI=1S/C10H14N2O3S/c1-16(15)9-4-2-3-8(7-9)12-10(14)11-5-6-13/h2-4,7,13H,5-6H2,1H3,(H2,11,12,14). The molecule has 0 bridgehead atoms. The first-order valence-electron chi connectivity index (χ1n) is 4.72. The summed E-state index contributed by atoms with van der Waals surface area (Å²) in [6, 6.07) is 6.41. The molecule has 0 heterocycles. The monoisotopic (exact) mass is 242 g/mol. The lowest BCUT2D eigenvalue weighted by atomic mass is 10.3. The van der Waals surface area contributed by atoms with Gasteiger partial charge in [-0.3, -0.25) is 4.21 Å². The molecule has 0 saturated carbocycles. The SMILES string of the molecule is CS(=O)c1cccc(NC(=O)NCCO)c1. The lowest BCUT2D eigenvalue weighted by molar-refractivity contribution is 0.245. The molecule has 0 fully saturated rings. The highest BCUT2D eigenvalue weighted by Crippen LogP contribution is 2.12. The summed E-state index contributed by atoms with van der Waals surface area (Å²) in [6.45, 7) is 0.0949. The molecule has 5 nitrogen and oxygen atoms in total. The zero-order chi connectivity index (χ0) is 12.0. The summed E-state index contributed by atoms with van der Waals surface area (Å²) in [5.41, 5.74) is 0.572. The first-order valence-corrected chi connectivity index (χ1v) is 6.28. The van der Waals surface area contributed by atoms with Gasteiger partial charge in [-0.05, 0) is 18.2 Å². The minimum absolute atomic E-state index is 0.105. The van der Waals surface area contributed by atoms with Crippen molar-refractivity contribution in [1.29, 1.82) is 0 Å². The first kappa shape index (κ1) is 12.7. The van der Waals surface area contributed by atoms with Crippen LogP contribution in [0.2, 0.25) is 0 Å². The van der Waals surface area contributed by atoms with Gasteiger partial charge in [-0.2, -0.15) is 0 Å². The van der Waals surface area contributed by atoms with E-state index in [0.29, 0.717) is 10.6 Å². The number of amides is 2. The Morgan fingerprint density at radius 1 is 1.50 bits per heavy atom. The van der Waals surface area contributed by atoms with Crippen LogP contribution in [-0.4, -0.2) is 34.8 Å². The Bertz CT molecular complexity index is 395. The Balaban J connectivity index is 2.63. The number of hydrogen-bond donors (Lipinski definition) is 3. The number of urea groups is 1. The fraction of sp³-hybridized carbons (Fsp3) is 0.300. The molecule has 16 heavy (non-hydrogen) atoms. The number of aliphatic hydroxyl groups excluding tert-OH is 1. The predicted octanol–water partition coefficient (Wildman–Crippen LogP) is 0.538. The molecular weight excluding hydrogens is 228 g/mol. The molecule has 0 aliphatic heterocycles. The second-order valence-corrected chi connectivity index (χ2v) is 4.47. The Kier molecular flexibility index (Phi) is 4.94. The molecular formula is C10H14N2O3S. The third kappa shape index (κ3) is 4.00. The Morgan fingerprint density at radius 2 is 2.25 bits per heavy atom. The zero-order valence-corrected chi connectivity index (χ0v) is 9.71. The van der Waals surface area contributed by atoms with Crippen molar-refractivity contribution < 1.29 is 14.1 Å². The van der Waals surface area contributed by atoms with Crippen molar-refractivity contribution in [2.75, 3.05) is 24.7 Å². The lowest BCUT2D eigenvalue weighted by Gasteiger charge is -2.07. The number of carbonyl (C=O) groups is 1. The molecule has 1 aromatic carbocycles. The van der Waals surface area contributed by atoms with Gasteiger partial charge in [-0.15, -0.1) is 0 Å². The van der Waals surface area contributed by atoms with Gasteiger partial charge >= 0.3 is 6.03 Å². The van der Waals surface area contributed by atoms with E-state index < -0.39 is 16.8 Å². The number of hydrogen-bond acceptors (Lipinski definition) is 3. The number of carbonyl (C=O) groups excluding carboxylic acids is 1. The van der Waals surface area contributed by atoms with Crippen molar-refractivity contribution in [3.8, 4) is 0 Å². The Morgan fingerprint density at radius 3 is 2.88 bits per heavy atom. The molecule has 1 atom stereocenters. The smallest absolute Gasteiger partial charge is 0.319 e. The average molecular weight is 242 g/mol. The van der Waals surface area contributed by atoms with Crippen LogP contribution in [0.3, 0.4) is 0 Å². The molecule has 0 radical (unpaired) electrons. The predicted molar refractivity (Wildman–Crippen MR) is 62.9 cm³/mol. The minimum atomic E-state index is -1.07. The fourth-order valence-corrected chi connectivity index (χ4v) is 1.66. The number of rotatable bonds is 4. The highest BCUT2D eigenvalue weighted by atomic mass is 32.2. The second kappa shape index (κ2) is 6.24. The zero-order valence-electron chi connectivity index (χ0n) is 8.90. The summed E-state index contributed by atoms with van der Waals surface area (Å²) in [7, 11) is -1.07. The molecule has 0 aliphatic carbocycles. The lowest BCUT2D eigenvalue weighted by Crippen LogP contribution is -2.30. The maximum absolute atomic E-state index is 11.2. The number of aliphatic hydroxyl groups is 1. The third-order valence-electron chi connectivity index (χ3n) is 1.82. The van der Waals surface area contributed by atoms with Crippen LogP contribution in [0, 0.1) is 0 Å². The van der Waals surface area contributed by atoms with Gasteiger partial charge in [0, 0.05) is 34.2 Å². The van der Waals surface area contributed by atoms with Crippen LogP contribution in [-0.2, 0) is 10.8 Å². The maximum atomic E-state index is 11.2. The largest absolute Gasteiger partial charge is 0.395 e. The Labute approximate surface area is 96.3 Å². The van der Waals surface area contributed by atoms with Crippen LogP contribution in [0.25, 0.3) is 0 Å². The van der Waals surface area contributed by atoms with Gasteiger partial charge in [0.05, 0.1) is 6.61 Å². The van der Waals surface area contributed by atoms with Crippen LogP contribution in [0.15, 0.2) is 29.2 Å². The third-order valence-corrected chi connectivity index (χ3v) is 2.74. The average Bonchev–Trinajstić information content (AvgIpc) is 2.26. The fourth-order valence-electron chi connectivity index (χ4n) is 1.10. The summed E-state index contributed by atoms with van der Waals surface area (Å²) in [5.74, 6) is 0. The highest BCUT2D eigenvalue weighted by Gasteiger charge is 2.02. The van der Waals surface area contributed by atoms with Gasteiger partial charge in [0.1, 0.15) is 0 Å². The van der Waals surface area contributed by atoms with Crippen LogP contribution in [0.5, 0.6) is 0 Å². The van der Waals surface area contributed by atoms with E-state index in [0.717, 1.165) is 0 Å². The molecule has 3 N–H and O–H groups in total. The Hall–Kier alpha value is -1.40. The van der Waals surface area contributed by atoms with Crippen molar-refractivity contribution in [2.45, 2.75) is 4.90 Å². The first-order chi connectivity index (χ1) is 7.63. The summed E-state index contributed by atoms with van der Waals surface area (Å²) in [5, 5.41) is 13.5. The van der Waals surface area contributed by atoms with Gasteiger partial charge in [0.25, 0.3) is 0 Å². The van der Waals surface area contributed by atoms with E-state index in [9.17, 15) is 9.00 Å². The van der Waals surface area contributed by atoms with Crippen molar-refractivity contribution in [3.63, 3.8) is 0 Å². The molecule has 0 aliphatic rings.